The monoisotopic (exact) mass is 178 g/mol. The molecule has 12 heavy (non-hydrogen) atoms. The van der Waals surface area contributed by atoms with E-state index in [9.17, 15) is 0 Å². The molecular formula is C6H4BClN4. The molecule has 2 heterocycles. The second-order valence-electron chi connectivity index (χ2n) is 2.23. The first kappa shape index (κ1) is 7.55. The first-order chi connectivity index (χ1) is 5.83. The first-order valence-corrected chi connectivity index (χ1v) is 3.73. The van der Waals surface area contributed by atoms with Gasteiger partial charge in [0.1, 0.15) is 11.5 Å². The highest BCUT2D eigenvalue weighted by Crippen LogP contribution is 2.17. The van der Waals surface area contributed by atoms with Gasteiger partial charge in [-0.1, -0.05) is 11.6 Å². The van der Waals surface area contributed by atoms with E-state index in [1.807, 2.05) is 0 Å². The zero-order chi connectivity index (χ0) is 8.55. The highest BCUT2D eigenvalue weighted by atomic mass is 35.5. The number of hydrogen-bond acceptors (Lipinski definition) is 3. The van der Waals surface area contributed by atoms with Crippen molar-refractivity contribution < 1.29 is 0 Å². The van der Waals surface area contributed by atoms with Crippen molar-refractivity contribution >= 4 is 30.5 Å². The van der Waals surface area contributed by atoms with Gasteiger partial charge in [-0.25, -0.2) is 9.97 Å². The third-order valence-electron chi connectivity index (χ3n) is 1.56. The zero-order valence-electron chi connectivity index (χ0n) is 6.11. The Morgan fingerprint density at radius 1 is 1.50 bits per heavy atom. The molecule has 4 nitrogen and oxygen atoms in total. The van der Waals surface area contributed by atoms with Crippen molar-refractivity contribution in [3.63, 3.8) is 0 Å². The second kappa shape index (κ2) is 2.75. The molecule has 0 amide bonds. The maximum absolute atomic E-state index is 5.78. The predicted octanol–water partition coefficient (Wildman–Crippen LogP) is 0.606. The average Bonchev–Trinajstić information content (AvgIpc) is 2.49. The summed E-state index contributed by atoms with van der Waals surface area (Å²) in [4.78, 5) is 7.81. The highest BCUT2D eigenvalue weighted by molar-refractivity contribution is 6.33. The second-order valence-corrected chi connectivity index (χ2v) is 2.59. The lowest BCUT2D eigenvalue weighted by Gasteiger charge is -1.96. The third kappa shape index (κ3) is 0.974. The van der Waals surface area contributed by atoms with Crippen molar-refractivity contribution in [1.82, 2.24) is 19.7 Å². The number of aromatic nitrogens is 4. The maximum Gasteiger partial charge on any atom is 0.161 e. The van der Waals surface area contributed by atoms with Crippen LogP contribution in [0.15, 0.2) is 12.5 Å². The van der Waals surface area contributed by atoms with Crippen LogP contribution in [0.4, 0.5) is 0 Å². The summed E-state index contributed by atoms with van der Waals surface area (Å²) in [5, 5.41) is 5.11. The summed E-state index contributed by atoms with van der Waals surface area (Å²) in [7, 11) is 5.41. The van der Waals surface area contributed by atoms with E-state index in [0.717, 1.165) is 5.39 Å². The minimum atomic E-state index is 0.289. The summed E-state index contributed by atoms with van der Waals surface area (Å²) in [5.74, 6) is 0. The molecule has 0 aliphatic rings. The van der Waals surface area contributed by atoms with Gasteiger partial charge in [-0.2, -0.15) is 5.10 Å². The largest absolute Gasteiger partial charge is 0.256 e. The molecule has 0 spiro atoms. The molecule has 58 valence electrons. The van der Waals surface area contributed by atoms with E-state index in [1.54, 1.807) is 10.9 Å². The Bertz CT molecular complexity index is 413. The molecule has 0 saturated carbocycles. The van der Waals surface area contributed by atoms with Crippen LogP contribution < -0.4 is 0 Å². The fraction of sp³-hybridized carbons (Fsp3) is 0.167. The Hall–Kier alpha value is -1.10. The average molecular weight is 178 g/mol. The number of fused-ring (bicyclic) bond motifs is 1. The Morgan fingerprint density at radius 2 is 2.33 bits per heavy atom. The standard InChI is InChI=1S/C6H4BClN4/c7-2-12-6-4(1-11-12)5(8)9-3-10-6/h1,3H,2H2. The SMILES string of the molecule is [B]Cn1ncc2c(Cl)ncnc21. The van der Waals surface area contributed by atoms with Crippen molar-refractivity contribution in [2.45, 2.75) is 6.44 Å². The Morgan fingerprint density at radius 3 is 3.08 bits per heavy atom. The number of hydrogen-bond donors (Lipinski definition) is 0. The van der Waals surface area contributed by atoms with Gasteiger partial charge in [0.15, 0.2) is 5.65 Å². The van der Waals surface area contributed by atoms with Crippen molar-refractivity contribution in [1.29, 1.82) is 0 Å². The molecule has 2 aromatic heterocycles. The van der Waals surface area contributed by atoms with Crippen LogP contribution in [-0.2, 0) is 6.44 Å². The molecular weight excluding hydrogens is 174 g/mol. The van der Waals surface area contributed by atoms with Gasteiger partial charge in [0, 0.05) is 6.44 Å². The van der Waals surface area contributed by atoms with Crippen LogP contribution >= 0.6 is 11.6 Å². The van der Waals surface area contributed by atoms with E-state index in [0.29, 0.717) is 10.8 Å². The molecule has 0 fully saturated rings. The fourth-order valence-electron chi connectivity index (χ4n) is 0.998. The van der Waals surface area contributed by atoms with Gasteiger partial charge in [0.05, 0.1) is 19.4 Å². The molecule has 2 radical (unpaired) electrons. The Balaban J connectivity index is 2.80. The van der Waals surface area contributed by atoms with E-state index in [-0.39, 0.29) is 6.44 Å². The minimum absolute atomic E-state index is 0.289. The Kier molecular flexibility index (Phi) is 1.73. The number of halogens is 1. The van der Waals surface area contributed by atoms with E-state index < -0.39 is 0 Å². The van der Waals surface area contributed by atoms with Crippen LogP contribution in [0.25, 0.3) is 11.0 Å². The van der Waals surface area contributed by atoms with Crippen LogP contribution in [0.1, 0.15) is 0 Å². The summed E-state index contributed by atoms with van der Waals surface area (Å²) >= 11 is 5.78. The number of rotatable bonds is 1. The summed E-state index contributed by atoms with van der Waals surface area (Å²) in [5.41, 5.74) is 0.664. The third-order valence-corrected chi connectivity index (χ3v) is 1.86. The minimum Gasteiger partial charge on any atom is -0.256 e. The van der Waals surface area contributed by atoms with E-state index in [4.69, 9.17) is 19.4 Å². The molecule has 0 aromatic carbocycles. The lowest BCUT2D eigenvalue weighted by molar-refractivity contribution is 0.761. The fourth-order valence-corrected chi connectivity index (χ4v) is 1.17. The normalized spacial score (nSPS) is 10.8. The topological polar surface area (TPSA) is 43.6 Å². The predicted molar refractivity (Wildman–Crippen MR) is 46.1 cm³/mol. The van der Waals surface area contributed by atoms with Crippen LogP contribution in [0.3, 0.4) is 0 Å². The lowest BCUT2D eigenvalue weighted by Crippen LogP contribution is -2.00. The van der Waals surface area contributed by atoms with Crippen molar-refractivity contribution in [3.8, 4) is 0 Å². The smallest absolute Gasteiger partial charge is 0.161 e. The van der Waals surface area contributed by atoms with Crippen LogP contribution in [0.5, 0.6) is 0 Å². The van der Waals surface area contributed by atoms with E-state index in [2.05, 4.69) is 15.1 Å². The molecule has 6 heteroatoms. The van der Waals surface area contributed by atoms with Crippen molar-refractivity contribution in [3.05, 3.63) is 17.7 Å². The molecule has 0 atom stereocenters. The molecule has 0 unspecified atom stereocenters. The maximum atomic E-state index is 5.78. The van der Waals surface area contributed by atoms with Crippen molar-refractivity contribution in [2.24, 2.45) is 0 Å². The van der Waals surface area contributed by atoms with Gasteiger partial charge in [0.25, 0.3) is 0 Å². The molecule has 2 rings (SSSR count). The molecule has 0 aliphatic carbocycles. The quantitative estimate of drug-likeness (QED) is 0.475. The lowest BCUT2D eigenvalue weighted by atomic mass is 10.2. The van der Waals surface area contributed by atoms with Gasteiger partial charge in [0.2, 0.25) is 0 Å². The first-order valence-electron chi connectivity index (χ1n) is 3.35. The summed E-state index contributed by atoms with van der Waals surface area (Å²) in [6, 6.07) is 0. The summed E-state index contributed by atoms with van der Waals surface area (Å²) < 4.78 is 1.56. The van der Waals surface area contributed by atoms with Crippen LogP contribution in [0.2, 0.25) is 5.15 Å². The van der Waals surface area contributed by atoms with Gasteiger partial charge in [-0.3, -0.25) is 4.68 Å². The molecule has 2 aromatic rings. The molecule has 0 N–H and O–H groups in total. The summed E-state index contributed by atoms with van der Waals surface area (Å²) in [6.45, 7) is 0. The zero-order valence-corrected chi connectivity index (χ0v) is 6.86. The van der Waals surface area contributed by atoms with Crippen LogP contribution in [0, 0.1) is 0 Å². The van der Waals surface area contributed by atoms with E-state index in [1.165, 1.54) is 6.33 Å². The number of nitrogens with zero attached hydrogens (tertiary/aromatic N) is 4. The molecule has 0 aliphatic heterocycles. The molecule has 0 bridgehead atoms. The van der Waals surface area contributed by atoms with E-state index >= 15 is 0 Å². The van der Waals surface area contributed by atoms with Gasteiger partial charge in [-0.15, -0.1) is 0 Å². The van der Waals surface area contributed by atoms with Crippen molar-refractivity contribution in [2.75, 3.05) is 0 Å². The van der Waals surface area contributed by atoms with Gasteiger partial charge < -0.3 is 0 Å². The highest BCUT2D eigenvalue weighted by Gasteiger charge is 2.05. The van der Waals surface area contributed by atoms with Gasteiger partial charge in [-0.05, 0) is 0 Å². The van der Waals surface area contributed by atoms with Crippen LogP contribution in [-0.4, -0.2) is 27.6 Å². The molecule has 0 saturated heterocycles. The van der Waals surface area contributed by atoms with Gasteiger partial charge >= 0.3 is 0 Å². The Labute approximate surface area is 75.0 Å². The summed E-state index contributed by atoms with van der Waals surface area (Å²) in [6.07, 6.45) is 3.28.